The van der Waals surface area contributed by atoms with Gasteiger partial charge in [0.15, 0.2) is 5.13 Å². The number of halogens is 1. The van der Waals surface area contributed by atoms with E-state index in [9.17, 15) is 4.39 Å². The highest BCUT2D eigenvalue weighted by Gasteiger charge is 2.11. The van der Waals surface area contributed by atoms with Crippen molar-refractivity contribution >= 4 is 32.7 Å². The van der Waals surface area contributed by atoms with Gasteiger partial charge in [-0.15, -0.1) is 5.10 Å². The molecule has 0 bridgehead atoms. The van der Waals surface area contributed by atoms with Crippen molar-refractivity contribution in [2.75, 3.05) is 12.4 Å². The van der Waals surface area contributed by atoms with Gasteiger partial charge in [-0.1, -0.05) is 16.4 Å². The third-order valence-electron chi connectivity index (χ3n) is 3.33. The predicted octanol–water partition coefficient (Wildman–Crippen LogP) is 4.24. The number of rotatable bonds is 4. The summed E-state index contributed by atoms with van der Waals surface area (Å²) in [5.41, 5.74) is 1.49. The van der Waals surface area contributed by atoms with Crippen molar-refractivity contribution in [1.82, 2.24) is 15.2 Å². The molecule has 4 rings (SSSR count). The summed E-state index contributed by atoms with van der Waals surface area (Å²) >= 11 is 1.45. The fraction of sp³-hybridized carbons (Fsp3) is 0.0625. The highest BCUT2D eigenvalue weighted by atomic mass is 32.1. The van der Waals surface area contributed by atoms with Gasteiger partial charge in [0.1, 0.15) is 11.6 Å². The Labute approximate surface area is 139 Å². The van der Waals surface area contributed by atoms with Gasteiger partial charge in [0.25, 0.3) is 0 Å². The van der Waals surface area contributed by atoms with Crippen LogP contribution in [-0.2, 0) is 0 Å². The van der Waals surface area contributed by atoms with Crippen molar-refractivity contribution in [3.8, 4) is 17.2 Å². The smallest absolute Gasteiger partial charge is 0.322 e. The van der Waals surface area contributed by atoms with Crippen LogP contribution in [0.4, 0.5) is 15.5 Å². The first kappa shape index (κ1) is 14.6. The minimum absolute atomic E-state index is 0.223. The minimum atomic E-state index is -0.318. The van der Waals surface area contributed by atoms with Crippen LogP contribution in [0.25, 0.3) is 21.7 Å². The van der Waals surface area contributed by atoms with Crippen LogP contribution in [0.15, 0.2) is 46.9 Å². The van der Waals surface area contributed by atoms with E-state index in [0.29, 0.717) is 16.6 Å². The van der Waals surface area contributed by atoms with Crippen molar-refractivity contribution in [1.29, 1.82) is 0 Å². The maximum absolute atomic E-state index is 13.0. The zero-order chi connectivity index (χ0) is 16.5. The third kappa shape index (κ3) is 2.79. The molecule has 8 heteroatoms. The lowest BCUT2D eigenvalue weighted by Gasteiger charge is -1.96. The number of fused-ring (bicyclic) bond motifs is 1. The van der Waals surface area contributed by atoms with Gasteiger partial charge in [-0.3, -0.25) is 5.32 Å². The quantitative estimate of drug-likeness (QED) is 0.598. The molecule has 4 aromatic rings. The van der Waals surface area contributed by atoms with Gasteiger partial charge in [-0.2, -0.15) is 0 Å². The molecule has 1 N–H and O–H groups in total. The van der Waals surface area contributed by atoms with Gasteiger partial charge in [0, 0.05) is 5.56 Å². The largest absolute Gasteiger partial charge is 0.497 e. The Morgan fingerprint density at radius 3 is 2.75 bits per heavy atom. The summed E-state index contributed by atoms with van der Waals surface area (Å²) < 4.78 is 24.7. The number of nitrogens with one attached hydrogen (secondary N) is 1. The summed E-state index contributed by atoms with van der Waals surface area (Å²) in [6, 6.07) is 11.7. The maximum atomic E-state index is 13.0. The van der Waals surface area contributed by atoms with Gasteiger partial charge in [0.2, 0.25) is 5.89 Å². The number of aromatic nitrogens is 3. The normalized spacial score (nSPS) is 10.9. The molecular weight excluding hydrogens is 331 g/mol. The zero-order valence-corrected chi connectivity index (χ0v) is 13.3. The van der Waals surface area contributed by atoms with Crippen molar-refractivity contribution < 1.29 is 13.5 Å². The molecule has 120 valence electrons. The van der Waals surface area contributed by atoms with Crippen molar-refractivity contribution in [3.05, 3.63) is 48.3 Å². The summed E-state index contributed by atoms with van der Waals surface area (Å²) in [7, 11) is 1.62. The molecule has 2 aromatic heterocycles. The lowest BCUT2D eigenvalue weighted by Crippen LogP contribution is -1.88. The van der Waals surface area contributed by atoms with E-state index < -0.39 is 0 Å². The van der Waals surface area contributed by atoms with E-state index in [1.807, 2.05) is 18.2 Å². The van der Waals surface area contributed by atoms with E-state index in [1.165, 1.54) is 23.5 Å². The van der Waals surface area contributed by atoms with Gasteiger partial charge >= 0.3 is 6.01 Å². The van der Waals surface area contributed by atoms with Crippen molar-refractivity contribution in [2.24, 2.45) is 0 Å². The van der Waals surface area contributed by atoms with Crippen molar-refractivity contribution in [3.63, 3.8) is 0 Å². The Morgan fingerprint density at radius 2 is 1.96 bits per heavy atom. The molecule has 0 aliphatic rings. The summed E-state index contributed by atoms with van der Waals surface area (Å²) in [6.45, 7) is 0. The lowest BCUT2D eigenvalue weighted by atomic mass is 10.2. The molecule has 0 atom stereocenters. The number of ether oxygens (including phenoxy) is 1. The molecule has 0 fully saturated rings. The van der Waals surface area contributed by atoms with Crippen LogP contribution in [0.5, 0.6) is 5.75 Å². The highest BCUT2D eigenvalue weighted by molar-refractivity contribution is 7.22. The highest BCUT2D eigenvalue weighted by Crippen LogP contribution is 2.31. The second kappa shape index (κ2) is 5.89. The standard InChI is InChI=1S/C16H11FN4O2S/c1-22-11-6-7-12-13(8-11)24-16(18-12)19-15-21-20-14(23-15)9-2-4-10(17)5-3-9/h2-8H,1H3,(H,18,19,21). The van der Waals surface area contributed by atoms with Crippen LogP contribution in [-0.4, -0.2) is 22.3 Å². The molecule has 0 aliphatic heterocycles. The molecular formula is C16H11FN4O2S. The Morgan fingerprint density at radius 1 is 1.12 bits per heavy atom. The number of methoxy groups -OCH3 is 1. The predicted molar refractivity (Wildman–Crippen MR) is 89.1 cm³/mol. The minimum Gasteiger partial charge on any atom is -0.497 e. The van der Waals surface area contributed by atoms with Crippen LogP contribution in [0.3, 0.4) is 0 Å². The molecule has 0 aliphatic carbocycles. The average Bonchev–Trinajstić information content (AvgIpc) is 3.21. The first-order valence-electron chi connectivity index (χ1n) is 7.02. The van der Waals surface area contributed by atoms with E-state index in [2.05, 4.69) is 20.5 Å². The fourth-order valence-electron chi connectivity index (χ4n) is 2.16. The average molecular weight is 342 g/mol. The summed E-state index contributed by atoms with van der Waals surface area (Å²) in [6.07, 6.45) is 0. The van der Waals surface area contributed by atoms with Gasteiger partial charge < -0.3 is 9.15 Å². The second-order valence-electron chi connectivity index (χ2n) is 4.90. The maximum Gasteiger partial charge on any atom is 0.322 e. The van der Waals surface area contributed by atoms with Crippen LogP contribution < -0.4 is 10.1 Å². The molecule has 0 saturated carbocycles. The monoisotopic (exact) mass is 342 g/mol. The zero-order valence-electron chi connectivity index (χ0n) is 12.5. The lowest BCUT2D eigenvalue weighted by molar-refractivity contribution is 0.415. The summed E-state index contributed by atoms with van der Waals surface area (Å²) in [5, 5.41) is 11.5. The van der Waals surface area contributed by atoms with Crippen LogP contribution >= 0.6 is 11.3 Å². The van der Waals surface area contributed by atoms with Gasteiger partial charge in [-0.05, 0) is 42.5 Å². The summed E-state index contributed by atoms with van der Waals surface area (Å²) in [5.74, 6) is 0.760. The molecule has 0 unspecified atom stereocenters. The molecule has 0 spiro atoms. The van der Waals surface area contributed by atoms with E-state index in [1.54, 1.807) is 19.2 Å². The Hall–Kier alpha value is -3.00. The molecule has 24 heavy (non-hydrogen) atoms. The van der Waals surface area contributed by atoms with Crippen molar-refractivity contribution in [2.45, 2.75) is 0 Å². The molecule has 2 aromatic carbocycles. The van der Waals surface area contributed by atoms with Gasteiger partial charge in [-0.25, -0.2) is 9.37 Å². The van der Waals surface area contributed by atoms with E-state index in [4.69, 9.17) is 9.15 Å². The Bertz CT molecular complexity index is 997. The van der Waals surface area contributed by atoms with Crippen LogP contribution in [0.2, 0.25) is 0 Å². The first-order valence-corrected chi connectivity index (χ1v) is 7.84. The first-order chi connectivity index (χ1) is 11.7. The molecule has 0 radical (unpaired) electrons. The summed E-state index contributed by atoms with van der Waals surface area (Å²) in [4.78, 5) is 4.45. The molecule has 2 heterocycles. The number of benzene rings is 2. The third-order valence-corrected chi connectivity index (χ3v) is 4.26. The van der Waals surface area contributed by atoms with Crippen LogP contribution in [0.1, 0.15) is 0 Å². The van der Waals surface area contributed by atoms with E-state index >= 15 is 0 Å². The van der Waals surface area contributed by atoms with E-state index in [0.717, 1.165) is 16.0 Å². The Kier molecular flexibility index (Phi) is 3.58. The SMILES string of the molecule is COc1ccc2nc(Nc3nnc(-c4ccc(F)cc4)o3)sc2c1. The Balaban J connectivity index is 1.58. The number of hydrogen-bond donors (Lipinski definition) is 1. The number of thiazole rings is 1. The van der Waals surface area contributed by atoms with Gasteiger partial charge in [0.05, 0.1) is 17.3 Å². The fourth-order valence-corrected chi connectivity index (χ4v) is 3.04. The van der Waals surface area contributed by atoms with Crippen LogP contribution in [0, 0.1) is 5.82 Å². The molecule has 0 saturated heterocycles. The number of nitrogens with zero attached hydrogens (tertiary/aromatic N) is 3. The van der Waals surface area contributed by atoms with E-state index in [-0.39, 0.29) is 11.8 Å². The second-order valence-corrected chi connectivity index (χ2v) is 5.93. The molecule has 0 amide bonds. The molecule has 6 nitrogen and oxygen atoms in total. The topological polar surface area (TPSA) is 73.1 Å². The number of anilines is 2. The number of hydrogen-bond acceptors (Lipinski definition) is 7.